The lowest BCUT2D eigenvalue weighted by Gasteiger charge is -2.28. The topological polar surface area (TPSA) is 41.6 Å². The average molecular weight is 231 g/mol. The lowest BCUT2D eigenvalue weighted by molar-refractivity contribution is 0.345. The standard InChI is InChI=1S/C14H21N3/c1-4-8-17-12(9-16-14(17)15)13-10(2)6-5-7-11(13)3/h5-7,12H,4,8-9H2,1-3H3,(H2,15,16). The molecule has 1 aromatic rings. The highest BCUT2D eigenvalue weighted by Gasteiger charge is 2.28. The van der Waals surface area contributed by atoms with Crippen molar-refractivity contribution in [1.82, 2.24) is 4.90 Å². The Morgan fingerprint density at radius 1 is 1.35 bits per heavy atom. The molecule has 3 heteroatoms. The van der Waals surface area contributed by atoms with Crippen LogP contribution >= 0.6 is 0 Å². The third-order valence-corrected chi connectivity index (χ3v) is 3.44. The van der Waals surface area contributed by atoms with Gasteiger partial charge in [-0.3, -0.25) is 4.99 Å². The number of aliphatic imine (C=N–C) groups is 1. The lowest BCUT2D eigenvalue weighted by atomic mass is 9.95. The Hall–Kier alpha value is -1.51. The van der Waals surface area contributed by atoms with Gasteiger partial charge in [-0.1, -0.05) is 25.1 Å². The molecule has 0 amide bonds. The molecular weight excluding hydrogens is 210 g/mol. The van der Waals surface area contributed by atoms with Crippen molar-refractivity contribution >= 4 is 5.96 Å². The molecule has 2 rings (SSSR count). The smallest absolute Gasteiger partial charge is 0.191 e. The summed E-state index contributed by atoms with van der Waals surface area (Å²) in [5, 5.41) is 0. The average Bonchev–Trinajstić information content (AvgIpc) is 2.62. The van der Waals surface area contributed by atoms with Crippen LogP contribution in [0.15, 0.2) is 23.2 Å². The van der Waals surface area contributed by atoms with Crippen LogP contribution in [-0.2, 0) is 0 Å². The van der Waals surface area contributed by atoms with Crippen LogP contribution in [0.25, 0.3) is 0 Å². The number of benzene rings is 1. The Kier molecular flexibility index (Phi) is 3.36. The number of hydrogen-bond acceptors (Lipinski definition) is 3. The molecule has 1 unspecified atom stereocenters. The van der Waals surface area contributed by atoms with Crippen LogP contribution in [0.2, 0.25) is 0 Å². The van der Waals surface area contributed by atoms with Crippen molar-refractivity contribution in [3.05, 3.63) is 34.9 Å². The minimum atomic E-state index is 0.330. The van der Waals surface area contributed by atoms with Gasteiger partial charge in [-0.05, 0) is 37.0 Å². The highest BCUT2D eigenvalue weighted by Crippen LogP contribution is 2.30. The van der Waals surface area contributed by atoms with Crippen molar-refractivity contribution in [2.24, 2.45) is 10.7 Å². The van der Waals surface area contributed by atoms with Gasteiger partial charge in [0, 0.05) is 6.54 Å². The van der Waals surface area contributed by atoms with Crippen molar-refractivity contribution in [3.63, 3.8) is 0 Å². The number of guanidine groups is 1. The van der Waals surface area contributed by atoms with Crippen LogP contribution in [-0.4, -0.2) is 23.9 Å². The summed E-state index contributed by atoms with van der Waals surface area (Å²) in [6.45, 7) is 8.28. The van der Waals surface area contributed by atoms with E-state index in [1.807, 2.05) is 0 Å². The molecule has 1 aromatic carbocycles. The molecule has 92 valence electrons. The second-order valence-electron chi connectivity index (χ2n) is 4.71. The van der Waals surface area contributed by atoms with Crippen LogP contribution in [0.1, 0.15) is 36.1 Å². The summed E-state index contributed by atoms with van der Waals surface area (Å²) >= 11 is 0. The quantitative estimate of drug-likeness (QED) is 0.867. The molecule has 0 radical (unpaired) electrons. The second kappa shape index (κ2) is 4.78. The Balaban J connectivity index is 2.34. The first kappa shape index (κ1) is 12.0. The summed E-state index contributed by atoms with van der Waals surface area (Å²) in [4.78, 5) is 6.63. The van der Waals surface area contributed by atoms with Gasteiger partial charge in [-0.2, -0.15) is 0 Å². The van der Waals surface area contributed by atoms with E-state index in [4.69, 9.17) is 5.73 Å². The second-order valence-corrected chi connectivity index (χ2v) is 4.71. The molecular formula is C14H21N3. The molecule has 1 heterocycles. The monoisotopic (exact) mass is 231 g/mol. The Labute approximate surface area is 103 Å². The normalized spacial score (nSPS) is 19.6. The third-order valence-electron chi connectivity index (χ3n) is 3.44. The molecule has 0 aliphatic carbocycles. The van der Waals surface area contributed by atoms with E-state index < -0.39 is 0 Å². The number of hydrogen-bond donors (Lipinski definition) is 1. The molecule has 0 saturated carbocycles. The van der Waals surface area contributed by atoms with Gasteiger partial charge in [0.1, 0.15) is 0 Å². The third kappa shape index (κ3) is 2.14. The van der Waals surface area contributed by atoms with Crippen LogP contribution in [0.4, 0.5) is 0 Å². The van der Waals surface area contributed by atoms with E-state index in [1.165, 1.54) is 16.7 Å². The molecule has 0 saturated heterocycles. The van der Waals surface area contributed by atoms with Crippen molar-refractivity contribution in [2.45, 2.75) is 33.2 Å². The number of aryl methyl sites for hydroxylation is 2. The van der Waals surface area contributed by atoms with Crippen LogP contribution < -0.4 is 5.73 Å². The Bertz CT molecular complexity index is 417. The maximum Gasteiger partial charge on any atom is 0.191 e. The molecule has 1 atom stereocenters. The maximum absolute atomic E-state index is 5.97. The molecule has 0 spiro atoms. The zero-order valence-corrected chi connectivity index (χ0v) is 10.9. The van der Waals surface area contributed by atoms with E-state index in [0.29, 0.717) is 12.0 Å². The van der Waals surface area contributed by atoms with Crippen LogP contribution in [0.3, 0.4) is 0 Å². The maximum atomic E-state index is 5.97. The number of nitrogens with two attached hydrogens (primary N) is 1. The minimum absolute atomic E-state index is 0.330. The van der Waals surface area contributed by atoms with E-state index >= 15 is 0 Å². The molecule has 2 N–H and O–H groups in total. The van der Waals surface area contributed by atoms with Gasteiger partial charge in [0.2, 0.25) is 0 Å². The summed E-state index contributed by atoms with van der Waals surface area (Å²) < 4.78 is 0. The van der Waals surface area contributed by atoms with Crippen LogP contribution in [0, 0.1) is 13.8 Å². The first-order chi connectivity index (χ1) is 8.15. The lowest BCUT2D eigenvalue weighted by Crippen LogP contribution is -2.37. The predicted octanol–water partition coefficient (Wildman–Crippen LogP) is 2.38. The molecule has 0 fully saturated rings. The molecule has 1 aliphatic heterocycles. The van der Waals surface area contributed by atoms with E-state index in [2.05, 4.69) is 48.9 Å². The highest BCUT2D eigenvalue weighted by molar-refractivity contribution is 5.80. The van der Waals surface area contributed by atoms with Crippen molar-refractivity contribution in [2.75, 3.05) is 13.1 Å². The fourth-order valence-electron chi connectivity index (χ4n) is 2.64. The van der Waals surface area contributed by atoms with Crippen molar-refractivity contribution in [1.29, 1.82) is 0 Å². The van der Waals surface area contributed by atoms with Gasteiger partial charge in [0.25, 0.3) is 0 Å². The first-order valence-electron chi connectivity index (χ1n) is 6.27. The van der Waals surface area contributed by atoms with Gasteiger partial charge < -0.3 is 10.6 Å². The molecule has 0 aromatic heterocycles. The summed E-state index contributed by atoms with van der Waals surface area (Å²) in [6, 6.07) is 6.77. The fourth-order valence-corrected chi connectivity index (χ4v) is 2.64. The SMILES string of the molecule is CCCN1C(N)=NCC1c1c(C)cccc1C. The van der Waals surface area contributed by atoms with Crippen molar-refractivity contribution in [3.8, 4) is 0 Å². The van der Waals surface area contributed by atoms with E-state index in [1.54, 1.807) is 0 Å². The minimum Gasteiger partial charge on any atom is -0.370 e. The largest absolute Gasteiger partial charge is 0.370 e. The van der Waals surface area contributed by atoms with E-state index in [0.717, 1.165) is 19.5 Å². The number of rotatable bonds is 3. The molecule has 3 nitrogen and oxygen atoms in total. The summed E-state index contributed by atoms with van der Waals surface area (Å²) in [5.74, 6) is 0.694. The van der Waals surface area contributed by atoms with Gasteiger partial charge in [0.15, 0.2) is 5.96 Å². The summed E-state index contributed by atoms with van der Waals surface area (Å²) in [6.07, 6.45) is 1.09. The van der Waals surface area contributed by atoms with Crippen molar-refractivity contribution < 1.29 is 0 Å². The van der Waals surface area contributed by atoms with Gasteiger partial charge in [-0.25, -0.2) is 0 Å². The first-order valence-corrected chi connectivity index (χ1v) is 6.27. The Morgan fingerprint density at radius 3 is 2.59 bits per heavy atom. The van der Waals surface area contributed by atoms with E-state index in [9.17, 15) is 0 Å². The Morgan fingerprint density at radius 2 is 2.00 bits per heavy atom. The summed E-state index contributed by atoms with van der Waals surface area (Å²) in [7, 11) is 0. The van der Waals surface area contributed by atoms with Gasteiger partial charge in [-0.15, -0.1) is 0 Å². The molecule has 0 bridgehead atoms. The fraction of sp³-hybridized carbons (Fsp3) is 0.500. The summed E-state index contributed by atoms with van der Waals surface area (Å²) in [5.41, 5.74) is 10.0. The highest BCUT2D eigenvalue weighted by atomic mass is 15.3. The van der Waals surface area contributed by atoms with Gasteiger partial charge in [0.05, 0.1) is 12.6 Å². The molecule has 1 aliphatic rings. The zero-order chi connectivity index (χ0) is 12.4. The van der Waals surface area contributed by atoms with Gasteiger partial charge >= 0.3 is 0 Å². The van der Waals surface area contributed by atoms with E-state index in [-0.39, 0.29) is 0 Å². The predicted molar refractivity (Wildman–Crippen MR) is 72.1 cm³/mol. The number of nitrogens with zero attached hydrogens (tertiary/aromatic N) is 2. The van der Waals surface area contributed by atoms with Crippen LogP contribution in [0.5, 0.6) is 0 Å². The molecule has 17 heavy (non-hydrogen) atoms. The zero-order valence-electron chi connectivity index (χ0n) is 10.9.